The van der Waals surface area contributed by atoms with Crippen LogP contribution in [0.2, 0.25) is 0 Å². The van der Waals surface area contributed by atoms with Crippen molar-refractivity contribution in [2.45, 2.75) is 6.30 Å². The Labute approximate surface area is 88.4 Å². The van der Waals surface area contributed by atoms with Crippen LogP contribution in [0.3, 0.4) is 0 Å². The number of hydrogen-bond acceptors (Lipinski definition) is 2. The first kappa shape index (κ1) is 10.5. The van der Waals surface area contributed by atoms with Crippen molar-refractivity contribution in [1.82, 2.24) is 4.68 Å². The molecule has 1 aromatic heterocycles. The van der Waals surface area contributed by atoms with Gasteiger partial charge in [0.25, 0.3) is 0 Å². The Hall–Kier alpha value is -1.98. The Morgan fingerprint density at radius 2 is 1.94 bits per heavy atom. The lowest BCUT2D eigenvalue weighted by atomic mass is 10.2. The molecule has 0 saturated heterocycles. The molecule has 1 aromatic carbocycles. The zero-order valence-electron chi connectivity index (χ0n) is 7.95. The topological polar surface area (TPSA) is 34.0 Å². The third kappa shape index (κ3) is 1.86. The first-order chi connectivity index (χ1) is 7.51. The van der Waals surface area contributed by atoms with Gasteiger partial charge in [0.1, 0.15) is 5.69 Å². The van der Waals surface area contributed by atoms with Crippen LogP contribution in [-0.4, -0.2) is 17.3 Å². The molecule has 0 saturated carbocycles. The second-order valence-electron chi connectivity index (χ2n) is 3.20. The summed E-state index contributed by atoms with van der Waals surface area (Å²) < 4.78 is 37.1. The van der Waals surface area contributed by atoms with Crippen molar-refractivity contribution in [3.05, 3.63) is 36.2 Å². The van der Waals surface area contributed by atoms with Crippen LogP contribution in [0, 0.1) is 0 Å². The molecule has 2 rings (SSSR count). The van der Waals surface area contributed by atoms with Gasteiger partial charge in [-0.15, -0.1) is 13.2 Å². The van der Waals surface area contributed by atoms with Crippen LogP contribution >= 0.6 is 0 Å². The van der Waals surface area contributed by atoms with E-state index in [0.29, 0.717) is 21.7 Å². The number of carbonyl (C=O) groups is 1. The Morgan fingerprint density at radius 3 is 2.56 bits per heavy atom. The van der Waals surface area contributed by atoms with Crippen LogP contribution in [0.25, 0.3) is 10.8 Å². The largest absolute Gasteiger partial charge is 0.496 e. The lowest BCUT2D eigenvalue weighted by molar-refractivity contribution is -0.111. The first-order valence-electron chi connectivity index (χ1n) is 4.41. The molecule has 1 heterocycles. The summed E-state index contributed by atoms with van der Waals surface area (Å²) >= 11 is 0. The molecule has 84 valence electrons. The minimum absolute atomic E-state index is 0.0482. The van der Waals surface area contributed by atoms with Gasteiger partial charge >= 0.3 is 6.30 Å². The monoisotopic (exact) mass is 228 g/mol. The van der Waals surface area contributed by atoms with E-state index in [4.69, 9.17) is 0 Å². The molecule has 16 heavy (non-hydrogen) atoms. The summed E-state index contributed by atoms with van der Waals surface area (Å²) in [5, 5.41) is 1.05. The molecule has 0 spiro atoms. The maximum atomic E-state index is 12.1. The number of rotatable bonds is 2. The number of nitrogens with zero attached hydrogens (tertiary/aromatic N) is 1. The van der Waals surface area contributed by atoms with Crippen molar-refractivity contribution < 1.29 is 18.0 Å². The summed E-state index contributed by atoms with van der Waals surface area (Å²) in [5.74, 6) is 0. The number of benzene rings is 1. The third-order valence-corrected chi connectivity index (χ3v) is 2.12. The fourth-order valence-corrected chi connectivity index (χ4v) is 1.53. The highest BCUT2D eigenvalue weighted by Gasteiger charge is 2.28. The van der Waals surface area contributed by atoms with Gasteiger partial charge in [0.15, 0.2) is 6.29 Å². The number of nitrogens with one attached hydrogen (secondary N) is 1. The summed E-state index contributed by atoms with van der Waals surface area (Å²) in [7, 11) is 0. The van der Waals surface area contributed by atoms with Crippen molar-refractivity contribution in [3.63, 3.8) is 0 Å². The van der Waals surface area contributed by atoms with Crippen molar-refractivity contribution in [3.8, 4) is 0 Å². The molecule has 0 aliphatic carbocycles. The molecule has 2 aromatic rings. The van der Waals surface area contributed by atoms with E-state index >= 15 is 0 Å². The number of hydrogen-bond donors (Lipinski definition) is 1. The van der Waals surface area contributed by atoms with Gasteiger partial charge in [-0.05, 0) is 0 Å². The summed E-state index contributed by atoms with van der Waals surface area (Å²) in [6, 6.07) is 6.58. The molecule has 0 aliphatic heterocycles. The molecule has 0 aliphatic rings. The van der Waals surface area contributed by atoms with Crippen LogP contribution in [-0.2, 0) is 0 Å². The van der Waals surface area contributed by atoms with Crippen LogP contribution in [0.1, 0.15) is 10.5 Å². The van der Waals surface area contributed by atoms with Gasteiger partial charge in [0, 0.05) is 17.0 Å². The minimum atomic E-state index is -4.58. The Balaban J connectivity index is 2.57. The summed E-state index contributed by atoms with van der Waals surface area (Å²) in [4.78, 5) is 10.8. The Morgan fingerprint density at radius 1 is 1.25 bits per heavy atom. The number of alkyl halides is 3. The van der Waals surface area contributed by atoms with Crippen LogP contribution in [0.4, 0.5) is 13.2 Å². The molecule has 1 N–H and O–H groups in total. The molecule has 0 radical (unpaired) electrons. The van der Waals surface area contributed by atoms with Crippen LogP contribution in [0.5, 0.6) is 0 Å². The average molecular weight is 228 g/mol. The van der Waals surface area contributed by atoms with Crippen molar-refractivity contribution >= 4 is 17.1 Å². The molecule has 3 nitrogen and oxygen atoms in total. The zero-order chi connectivity index (χ0) is 11.8. The lowest BCUT2D eigenvalue weighted by Crippen LogP contribution is -2.30. The zero-order valence-corrected chi connectivity index (χ0v) is 7.95. The third-order valence-electron chi connectivity index (χ3n) is 2.12. The summed E-state index contributed by atoms with van der Waals surface area (Å²) in [6.45, 7) is 0. The molecule has 0 unspecified atom stereocenters. The minimum Gasteiger partial charge on any atom is -0.296 e. The van der Waals surface area contributed by atoms with E-state index in [2.05, 4.69) is 0 Å². The maximum absolute atomic E-state index is 12.1. The number of carbonyl (C=O) groups excluding carboxylic acids is 1. The van der Waals surface area contributed by atoms with Crippen LogP contribution in [0.15, 0.2) is 30.5 Å². The van der Waals surface area contributed by atoms with Gasteiger partial charge in [-0.1, -0.05) is 24.3 Å². The lowest BCUT2D eigenvalue weighted by Gasteiger charge is -2.11. The smallest absolute Gasteiger partial charge is 0.296 e. The van der Waals surface area contributed by atoms with Gasteiger partial charge in [0.2, 0.25) is 0 Å². The standard InChI is InChI=1S/C10H7F3N2O/c11-10(12,13)14-15-5-7-3-1-2-4-8(7)9(15)6-16/h1-6,14H. The van der Waals surface area contributed by atoms with Crippen LogP contribution < -0.4 is 5.43 Å². The van der Waals surface area contributed by atoms with Crippen molar-refractivity contribution in [1.29, 1.82) is 0 Å². The fourth-order valence-electron chi connectivity index (χ4n) is 1.53. The van der Waals surface area contributed by atoms with Gasteiger partial charge in [-0.25, -0.2) is 5.43 Å². The molecule has 0 amide bonds. The number of fused-ring (bicyclic) bond motifs is 1. The summed E-state index contributed by atoms with van der Waals surface area (Å²) in [6.07, 6.45) is -2.96. The Bertz CT molecular complexity index is 530. The maximum Gasteiger partial charge on any atom is 0.496 e. The number of aromatic nitrogens is 1. The highest BCUT2D eigenvalue weighted by atomic mass is 19.4. The van der Waals surface area contributed by atoms with E-state index in [-0.39, 0.29) is 5.69 Å². The predicted octanol–water partition coefficient (Wildman–Crippen LogP) is 2.52. The highest BCUT2D eigenvalue weighted by Crippen LogP contribution is 2.21. The van der Waals surface area contributed by atoms with Gasteiger partial charge in [0.05, 0.1) is 0 Å². The molecule has 0 atom stereocenters. The van der Waals surface area contributed by atoms with Gasteiger partial charge < -0.3 is 0 Å². The van der Waals surface area contributed by atoms with E-state index in [1.54, 1.807) is 24.3 Å². The quantitative estimate of drug-likeness (QED) is 0.633. The van der Waals surface area contributed by atoms with Crippen molar-refractivity contribution in [2.75, 3.05) is 5.43 Å². The van der Waals surface area contributed by atoms with Crippen molar-refractivity contribution in [2.24, 2.45) is 0 Å². The highest BCUT2D eigenvalue weighted by molar-refractivity contribution is 5.97. The SMILES string of the molecule is O=Cc1c2ccccc2cn1NC(F)(F)F. The van der Waals surface area contributed by atoms with Gasteiger partial charge in [-0.3, -0.25) is 9.47 Å². The normalized spacial score (nSPS) is 11.7. The van der Waals surface area contributed by atoms with Gasteiger partial charge in [-0.2, -0.15) is 0 Å². The number of halogens is 3. The summed E-state index contributed by atoms with van der Waals surface area (Å²) in [5.41, 5.74) is 1.23. The second-order valence-corrected chi connectivity index (χ2v) is 3.20. The molecule has 6 heteroatoms. The second kappa shape index (κ2) is 3.55. The fraction of sp³-hybridized carbons (Fsp3) is 0.100. The van der Waals surface area contributed by atoms with E-state index < -0.39 is 6.30 Å². The molecule has 0 fully saturated rings. The molecule has 0 bridgehead atoms. The number of aldehydes is 1. The van der Waals surface area contributed by atoms with E-state index in [1.165, 1.54) is 11.6 Å². The molecular weight excluding hydrogens is 221 g/mol. The predicted molar refractivity (Wildman–Crippen MR) is 52.7 cm³/mol. The Kier molecular flexibility index (Phi) is 2.34. The first-order valence-corrected chi connectivity index (χ1v) is 4.41. The van der Waals surface area contributed by atoms with E-state index in [9.17, 15) is 18.0 Å². The van der Waals surface area contributed by atoms with E-state index in [1.807, 2.05) is 0 Å². The van der Waals surface area contributed by atoms with E-state index in [0.717, 1.165) is 0 Å². The average Bonchev–Trinajstić information content (AvgIpc) is 2.51. The molecular formula is C10H7F3N2O.